The fourth-order valence-electron chi connectivity index (χ4n) is 1.42. The normalized spacial score (nSPS) is 10.7. The van der Waals surface area contributed by atoms with E-state index in [2.05, 4.69) is 17.3 Å². The summed E-state index contributed by atoms with van der Waals surface area (Å²) in [5, 5.41) is 4.42. The van der Waals surface area contributed by atoms with Crippen LogP contribution in [0.2, 0.25) is 10.0 Å². The first-order chi connectivity index (χ1) is 7.69. The van der Waals surface area contributed by atoms with Crippen LogP contribution in [-0.4, -0.2) is 4.98 Å². The van der Waals surface area contributed by atoms with Crippen molar-refractivity contribution < 1.29 is 0 Å². The smallest absolute Gasteiger partial charge is 0.0972 e. The quantitative estimate of drug-likeness (QED) is 0.795. The lowest BCUT2D eigenvalue weighted by Gasteiger charge is -2.00. The number of hydrogen-bond donors (Lipinski definition) is 0. The first-order valence-corrected chi connectivity index (χ1v) is 6.70. The Morgan fingerprint density at radius 1 is 1.25 bits per heavy atom. The van der Waals surface area contributed by atoms with Crippen LogP contribution in [0.1, 0.15) is 23.2 Å². The summed E-state index contributed by atoms with van der Waals surface area (Å²) in [6, 6.07) is 5.71. The van der Waals surface area contributed by atoms with Gasteiger partial charge in [-0.3, -0.25) is 0 Å². The van der Waals surface area contributed by atoms with E-state index in [-0.39, 0.29) is 0 Å². The van der Waals surface area contributed by atoms with Gasteiger partial charge in [-0.05, 0) is 24.1 Å². The van der Waals surface area contributed by atoms with Gasteiger partial charge in [-0.1, -0.05) is 36.2 Å². The molecule has 0 amide bonds. The van der Waals surface area contributed by atoms with Crippen LogP contribution in [0.25, 0.3) is 0 Å². The predicted molar refractivity (Wildman–Crippen MR) is 70.8 cm³/mol. The zero-order valence-corrected chi connectivity index (χ0v) is 11.2. The highest BCUT2D eigenvalue weighted by molar-refractivity contribution is 7.09. The van der Waals surface area contributed by atoms with Gasteiger partial charge in [-0.15, -0.1) is 11.3 Å². The standard InChI is InChI=1S/C12H11Cl2NS/c1-2-9-7-16-12(15-9)6-8-3-4-10(13)11(14)5-8/h3-5,7H,2,6H2,1H3. The molecule has 1 nitrogen and oxygen atoms in total. The van der Waals surface area contributed by atoms with Crippen LogP contribution in [0.4, 0.5) is 0 Å². The topological polar surface area (TPSA) is 12.9 Å². The van der Waals surface area contributed by atoms with Gasteiger partial charge in [-0.25, -0.2) is 4.98 Å². The van der Waals surface area contributed by atoms with Gasteiger partial charge in [0.05, 0.1) is 20.7 Å². The van der Waals surface area contributed by atoms with E-state index in [0.717, 1.165) is 29.1 Å². The molecule has 0 saturated heterocycles. The Kier molecular flexibility index (Phi) is 3.85. The first kappa shape index (κ1) is 11.9. The number of nitrogens with zero attached hydrogens (tertiary/aromatic N) is 1. The summed E-state index contributed by atoms with van der Waals surface area (Å²) in [5.41, 5.74) is 2.30. The SMILES string of the molecule is CCc1csc(Cc2ccc(Cl)c(Cl)c2)n1. The van der Waals surface area contributed by atoms with Crippen molar-refractivity contribution in [1.82, 2.24) is 4.98 Å². The molecular weight excluding hydrogens is 261 g/mol. The molecule has 2 rings (SSSR count). The van der Waals surface area contributed by atoms with Gasteiger partial charge in [0.2, 0.25) is 0 Å². The molecule has 0 fully saturated rings. The number of halogens is 2. The van der Waals surface area contributed by atoms with Crippen LogP contribution >= 0.6 is 34.5 Å². The molecule has 0 spiro atoms. The van der Waals surface area contributed by atoms with Crippen molar-refractivity contribution >= 4 is 34.5 Å². The maximum atomic E-state index is 5.96. The van der Waals surface area contributed by atoms with Gasteiger partial charge < -0.3 is 0 Å². The second-order valence-corrected chi connectivity index (χ2v) is 5.27. The third-order valence-corrected chi connectivity index (χ3v) is 3.94. The molecule has 1 aromatic heterocycles. The minimum Gasteiger partial charge on any atom is -0.246 e. The second kappa shape index (κ2) is 5.17. The average molecular weight is 272 g/mol. The highest BCUT2D eigenvalue weighted by Crippen LogP contribution is 2.24. The molecule has 0 bridgehead atoms. The van der Waals surface area contributed by atoms with Crippen molar-refractivity contribution in [2.75, 3.05) is 0 Å². The van der Waals surface area contributed by atoms with Crippen molar-refractivity contribution in [3.63, 3.8) is 0 Å². The molecule has 0 aliphatic rings. The average Bonchev–Trinajstić information content (AvgIpc) is 2.71. The van der Waals surface area contributed by atoms with Crippen LogP contribution in [0, 0.1) is 0 Å². The fourth-order valence-corrected chi connectivity index (χ4v) is 2.65. The van der Waals surface area contributed by atoms with Gasteiger partial charge in [0.15, 0.2) is 0 Å². The zero-order valence-electron chi connectivity index (χ0n) is 8.84. The van der Waals surface area contributed by atoms with E-state index in [1.807, 2.05) is 18.2 Å². The monoisotopic (exact) mass is 271 g/mol. The van der Waals surface area contributed by atoms with Gasteiger partial charge in [0, 0.05) is 11.8 Å². The lowest BCUT2D eigenvalue weighted by Crippen LogP contribution is -1.88. The zero-order chi connectivity index (χ0) is 11.5. The Morgan fingerprint density at radius 2 is 2.06 bits per heavy atom. The van der Waals surface area contributed by atoms with Gasteiger partial charge in [0.25, 0.3) is 0 Å². The van der Waals surface area contributed by atoms with Crippen molar-refractivity contribution in [3.8, 4) is 0 Å². The third kappa shape index (κ3) is 2.76. The molecule has 1 aromatic carbocycles. The molecule has 1 heterocycles. The summed E-state index contributed by atoms with van der Waals surface area (Å²) >= 11 is 13.5. The molecule has 0 N–H and O–H groups in total. The summed E-state index contributed by atoms with van der Waals surface area (Å²) in [6.07, 6.45) is 1.80. The lowest BCUT2D eigenvalue weighted by atomic mass is 10.2. The molecule has 16 heavy (non-hydrogen) atoms. The maximum absolute atomic E-state index is 5.96. The Labute approximate surface area is 109 Å². The fraction of sp³-hybridized carbons (Fsp3) is 0.250. The number of rotatable bonds is 3. The molecule has 4 heteroatoms. The van der Waals surface area contributed by atoms with Crippen molar-refractivity contribution in [3.05, 3.63) is 49.9 Å². The lowest BCUT2D eigenvalue weighted by molar-refractivity contribution is 1.02. The predicted octanol–water partition coefficient (Wildman–Crippen LogP) is 4.60. The molecule has 0 saturated carbocycles. The van der Waals surface area contributed by atoms with Crippen LogP contribution in [0.5, 0.6) is 0 Å². The minimum absolute atomic E-state index is 0.596. The Bertz CT molecular complexity index is 494. The third-order valence-electron chi connectivity index (χ3n) is 2.30. The highest BCUT2D eigenvalue weighted by Gasteiger charge is 2.04. The molecule has 0 unspecified atom stereocenters. The molecule has 0 aliphatic heterocycles. The van der Waals surface area contributed by atoms with E-state index < -0.39 is 0 Å². The Balaban J connectivity index is 2.17. The molecular formula is C12H11Cl2NS. The highest BCUT2D eigenvalue weighted by atomic mass is 35.5. The molecule has 0 atom stereocenters. The summed E-state index contributed by atoms with van der Waals surface area (Å²) < 4.78 is 0. The number of thiazole rings is 1. The number of aryl methyl sites for hydroxylation is 1. The largest absolute Gasteiger partial charge is 0.246 e. The molecule has 84 valence electrons. The van der Waals surface area contributed by atoms with E-state index in [9.17, 15) is 0 Å². The van der Waals surface area contributed by atoms with Gasteiger partial charge in [0.1, 0.15) is 0 Å². The number of aromatic nitrogens is 1. The first-order valence-electron chi connectivity index (χ1n) is 5.06. The van der Waals surface area contributed by atoms with Crippen LogP contribution in [0.3, 0.4) is 0 Å². The molecule has 2 aromatic rings. The van der Waals surface area contributed by atoms with Crippen LogP contribution < -0.4 is 0 Å². The van der Waals surface area contributed by atoms with Gasteiger partial charge in [-0.2, -0.15) is 0 Å². The Morgan fingerprint density at radius 3 is 2.69 bits per heavy atom. The van der Waals surface area contributed by atoms with Gasteiger partial charge >= 0.3 is 0 Å². The summed E-state index contributed by atoms with van der Waals surface area (Å²) in [7, 11) is 0. The molecule has 0 radical (unpaired) electrons. The Hall–Kier alpha value is -0.570. The summed E-state index contributed by atoms with van der Waals surface area (Å²) in [5.74, 6) is 0. The van der Waals surface area contributed by atoms with Crippen molar-refractivity contribution in [2.45, 2.75) is 19.8 Å². The summed E-state index contributed by atoms with van der Waals surface area (Å²) in [6.45, 7) is 2.11. The van der Waals surface area contributed by atoms with E-state index in [4.69, 9.17) is 23.2 Å². The number of hydrogen-bond acceptors (Lipinski definition) is 2. The molecule has 0 aliphatic carbocycles. The van der Waals surface area contributed by atoms with Crippen molar-refractivity contribution in [2.24, 2.45) is 0 Å². The van der Waals surface area contributed by atoms with E-state index in [1.54, 1.807) is 11.3 Å². The maximum Gasteiger partial charge on any atom is 0.0972 e. The van der Waals surface area contributed by atoms with Crippen LogP contribution in [0.15, 0.2) is 23.6 Å². The summed E-state index contributed by atoms with van der Waals surface area (Å²) in [4.78, 5) is 4.52. The van der Waals surface area contributed by atoms with Crippen LogP contribution in [-0.2, 0) is 12.8 Å². The van der Waals surface area contributed by atoms with E-state index >= 15 is 0 Å². The second-order valence-electron chi connectivity index (χ2n) is 3.51. The van der Waals surface area contributed by atoms with E-state index in [1.165, 1.54) is 0 Å². The van der Waals surface area contributed by atoms with Crippen molar-refractivity contribution in [1.29, 1.82) is 0 Å². The van der Waals surface area contributed by atoms with E-state index in [0.29, 0.717) is 10.0 Å². The minimum atomic E-state index is 0.596. The number of benzene rings is 1.